The summed E-state index contributed by atoms with van der Waals surface area (Å²) in [6.07, 6.45) is 1.03. The van der Waals surface area contributed by atoms with Gasteiger partial charge in [0.25, 0.3) is 5.91 Å². The Hall–Kier alpha value is -1.81. The van der Waals surface area contributed by atoms with E-state index in [1.807, 2.05) is 23.1 Å². The van der Waals surface area contributed by atoms with E-state index in [1.54, 1.807) is 0 Å². The predicted octanol–water partition coefficient (Wildman–Crippen LogP) is 3.93. The summed E-state index contributed by atoms with van der Waals surface area (Å²) in [5.41, 5.74) is 3.48. The summed E-state index contributed by atoms with van der Waals surface area (Å²) in [4.78, 5) is 14.1. The van der Waals surface area contributed by atoms with Crippen LogP contribution in [0.15, 0.2) is 46.9 Å². The average molecular weight is 360 g/mol. The second-order valence-electron chi connectivity index (χ2n) is 5.46. The van der Waals surface area contributed by atoms with E-state index < -0.39 is 0 Å². The fraction of sp³-hybridized carbons (Fsp3) is 0.278. The molecule has 0 N–H and O–H groups in total. The Morgan fingerprint density at radius 3 is 2.59 bits per heavy atom. The summed E-state index contributed by atoms with van der Waals surface area (Å²) in [5, 5.41) is 0. The van der Waals surface area contributed by atoms with Gasteiger partial charge in [-0.25, -0.2) is 0 Å². The third kappa shape index (κ3) is 3.33. The molecular weight excluding hydrogens is 342 g/mol. The van der Waals surface area contributed by atoms with Gasteiger partial charge in [0, 0.05) is 23.1 Å². The second-order valence-corrected chi connectivity index (χ2v) is 6.38. The molecule has 0 radical (unpaired) electrons. The van der Waals surface area contributed by atoms with E-state index in [9.17, 15) is 4.79 Å². The summed E-state index contributed by atoms with van der Waals surface area (Å²) < 4.78 is 6.60. The minimum Gasteiger partial charge on any atom is -0.483 e. The molecule has 1 heterocycles. The van der Waals surface area contributed by atoms with Crippen molar-refractivity contribution in [2.24, 2.45) is 0 Å². The maximum Gasteiger partial charge on any atom is 0.261 e. The van der Waals surface area contributed by atoms with Gasteiger partial charge in [-0.2, -0.15) is 0 Å². The van der Waals surface area contributed by atoms with Crippen molar-refractivity contribution < 1.29 is 9.53 Å². The average Bonchev–Trinajstić information content (AvgIpc) is 2.68. The summed E-state index contributed by atoms with van der Waals surface area (Å²) in [6, 6.07) is 14.3. The number of amides is 1. The molecule has 1 amide bonds. The van der Waals surface area contributed by atoms with Crippen molar-refractivity contribution in [2.45, 2.75) is 26.4 Å². The van der Waals surface area contributed by atoms with Crippen LogP contribution in [0, 0.1) is 0 Å². The van der Waals surface area contributed by atoms with E-state index >= 15 is 0 Å². The van der Waals surface area contributed by atoms with Crippen molar-refractivity contribution in [3.05, 3.63) is 63.6 Å². The first kappa shape index (κ1) is 15.1. The summed E-state index contributed by atoms with van der Waals surface area (Å²) in [7, 11) is 0. The van der Waals surface area contributed by atoms with Gasteiger partial charge < -0.3 is 9.64 Å². The number of carbonyl (C=O) groups is 1. The van der Waals surface area contributed by atoms with Crippen LogP contribution >= 0.6 is 15.9 Å². The first-order valence-electron chi connectivity index (χ1n) is 7.42. The Kier molecular flexibility index (Phi) is 4.48. The number of rotatable bonds is 3. The number of carbonyl (C=O) groups excluding carboxylic acids is 1. The predicted molar refractivity (Wildman–Crippen MR) is 89.7 cm³/mol. The molecule has 0 bridgehead atoms. The van der Waals surface area contributed by atoms with Crippen LogP contribution in [0.1, 0.15) is 23.6 Å². The lowest BCUT2D eigenvalue weighted by molar-refractivity contribution is -0.133. The standard InChI is InChI=1S/C18H18BrNO2/c1-2-13-3-5-14(6-4-13)10-20-11-15-9-16(19)7-8-17(15)22-12-18(20)21/h3-9H,2,10-12H2,1H3. The van der Waals surface area contributed by atoms with Crippen molar-refractivity contribution in [1.29, 1.82) is 0 Å². The van der Waals surface area contributed by atoms with Crippen molar-refractivity contribution in [3.8, 4) is 5.75 Å². The van der Waals surface area contributed by atoms with Crippen LogP contribution in [-0.2, 0) is 24.3 Å². The lowest BCUT2D eigenvalue weighted by Crippen LogP contribution is -2.31. The van der Waals surface area contributed by atoms with Gasteiger partial charge in [0.1, 0.15) is 5.75 Å². The number of fused-ring (bicyclic) bond motifs is 1. The molecule has 0 aliphatic carbocycles. The van der Waals surface area contributed by atoms with Gasteiger partial charge in [-0.1, -0.05) is 47.1 Å². The van der Waals surface area contributed by atoms with Crippen molar-refractivity contribution in [2.75, 3.05) is 6.61 Å². The Morgan fingerprint density at radius 2 is 1.86 bits per heavy atom. The molecule has 4 heteroatoms. The summed E-state index contributed by atoms with van der Waals surface area (Å²) in [6.45, 7) is 3.42. The Balaban J connectivity index is 1.81. The van der Waals surface area contributed by atoms with Crippen LogP contribution < -0.4 is 4.74 Å². The number of ether oxygens (including phenoxy) is 1. The third-order valence-corrected chi connectivity index (χ3v) is 4.39. The van der Waals surface area contributed by atoms with Gasteiger partial charge >= 0.3 is 0 Å². The van der Waals surface area contributed by atoms with E-state index in [2.05, 4.69) is 47.1 Å². The molecule has 0 aromatic heterocycles. The number of nitrogens with zero attached hydrogens (tertiary/aromatic N) is 1. The molecule has 0 fully saturated rings. The molecule has 3 nitrogen and oxygen atoms in total. The van der Waals surface area contributed by atoms with Crippen molar-refractivity contribution in [3.63, 3.8) is 0 Å². The molecule has 0 saturated carbocycles. The SMILES string of the molecule is CCc1ccc(CN2Cc3cc(Br)ccc3OCC2=O)cc1. The van der Waals surface area contributed by atoms with Crippen LogP contribution in [-0.4, -0.2) is 17.4 Å². The van der Waals surface area contributed by atoms with Crippen molar-refractivity contribution >= 4 is 21.8 Å². The molecule has 114 valence electrons. The molecule has 22 heavy (non-hydrogen) atoms. The molecular formula is C18H18BrNO2. The van der Waals surface area contributed by atoms with Crippen LogP contribution in [0.25, 0.3) is 0 Å². The lowest BCUT2D eigenvalue weighted by Gasteiger charge is -2.20. The largest absolute Gasteiger partial charge is 0.483 e. The first-order chi connectivity index (χ1) is 10.7. The number of aryl methyl sites for hydroxylation is 1. The van der Waals surface area contributed by atoms with Crippen LogP contribution in [0.3, 0.4) is 0 Å². The number of hydrogen-bond acceptors (Lipinski definition) is 2. The molecule has 0 atom stereocenters. The Morgan fingerprint density at radius 1 is 1.14 bits per heavy atom. The summed E-state index contributed by atoms with van der Waals surface area (Å²) in [5.74, 6) is 0.812. The third-order valence-electron chi connectivity index (χ3n) is 3.89. The van der Waals surface area contributed by atoms with Gasteiger partial charge in [0.05, 0.1) is 0 Å². The minimum atomic E-state index is 0.0203. The van der Waals surface area contributed by atoms with Gasteiger partial charge in [-0.3, -0.25) is 4.79 Å². The highest BCUT2D eigenvalue weighted by molar-refractivity contribution is 9.10. The molecule has 2 aromatic carbocycles. The van der Waals surface area contributed by atoms with Gasteiger partial charge in [0.15, 0.2) is 6.61 Å². The monoisotopic (exact) mass is 359 g/mol. The van der Waals surface area contributed by atoms with E-state index in [0.29, 0.717) is 13.1 Å². The minimum absolute atomic E-state index is 0.0203. The molecule has 3 rings (SSSR count). The Labute approximate surface area is 139 Å². The quantitative estimate of drug-likeness (QED) is 0.830. The van der Waals surface area contributed by atoms with E-state index in [4.69, 9.17) is 4.74 Å². The van der Waals surface area contributed by atoms with Crippen molar-refractivity contribution in [1.82, 2.24) is 4.90 Å². The molecule has 2 aromatic rings. The molecule has 0 unspecified atom stereocenters. The number of benzene rings is 2. The van der Waals surface area contributed by atoms with E-state index in [-0.39, 0.29) is 12.5 Å². The number of hydrogen-bond donors (Lipinski definition) is 0. The molecule has 0 saturated heterocycles. The highest BCUT2D eigenvalue weighted by Crippen LogP contribution is 2.27. The molecule has 1 aliphatic heterocycles. The normalized spacial score (nSPS) is 14.3. The van der Waals surface area contributed by atoms with Gasteiger partial charge in [-0.05, 0) is 35.7 Å². The fourth-order valence-electron chi connectivity index (χ4n) is 2.58. The highest BCUT2D eigenvalue weighted by Gasteiger charge is 2.21. The lowest BCUT2D eigenvalue weighted by atomic mass is 10.1. The van der Waals surface area contributed by atoms with E-state index in [1.165, 1.54) is 5.56 Å². The topological polar surface area (TPSA) is 29.5 Å². The fourth-order valence-corrected chi connectivity index (χ4v) is 2.99. The summed E-state index contributed by atoms with van der Waals surface area (Å²) >= 11 is 3.47. The van der Waals surface area contributed by atoms with Gasteiger partial charge in [0.2, 0.25) is 0 Å². The zero-order valence-corrected chi connectivity index (χ0v) is 14.1. The Bertz CT molecular complexity index is 682. The van der Waals surface area contributed by atoms with Crippen LogP contribution in [0.4, 0.5) is 0 Å². The van der Waals surface area contributed by atoms with Crippen LogP contribution in [0.2, 0.25) is 0 Å². The zero-order chi connectivity index (χ0) is 15.5. The van der Waals surface area contributed by atoms with Gasteiger partial charge in [-0.15, -0.1) is 0 Å². The first-order valence-corrected chi connectivity index (χ1v) is 8.22. The zero-order valence-electron chi connectivity index (χ0n) is 12.5. The maximum absolute atomic E-state index is 12.3. The molecule has 1 aliphatic rings. The second kappa shape index (κ2) is 6.53. The van der Waals surface area contributed by atoms with E-state index in [0.717, 1.165) is 27.8 Å². The van der Waals surface area contributed by atoms with Crippen LogP contribution in [0.5, 0.6) is 5.75 Å². The number of halogens is 1. The highest BCUT2D eigenvalue weighted by atomic mass is 79.9. The molecule has 0 spiro atoms. The smallest absolute Gasteiger partial charge is 0.261 e. The maximum atomic E-state index is 12.3.